The predicted molar refractivity (Wildman–Crippen MR) is 130 cm³/mol. The van der Waals surface area contributed by atoms with Crippen LogP contribution in [-0.4, -0.2) is 35.4 Å². The van der Waals surface area contributed by atoms with Gasteiger partial charge in [-0.15, -0.1) is 0 Å². The molecule has 0 aliphatic carbocycles. The van der Waals surface area contributed by atoms with Crippen LogP contribution in [0, 0.1) is 0 Å². The van der Waals surface area contributed by atoms with Gasteiger partial charge in [0.1, 0.15) is 11.8 Å². The molecule has 0 radical (unpaired) electrons. The lowest BCUT2D eigenvalue weighted by Gasteiger charge is -2.30. The van der Waals surface area contributed by atoms with Crippen molar-refractivity contribution in [3.63, 3.8) is 0 Å². The maximum absolute atomic E-state index is 13.1. The van der Waals surface area contributed by atoms with Gasteiger partial charge in [0.05, 0.1) is 0 Å². The second-order valence-corrected chi connectivity index (χ2v) is 9.11. The number of ether oxygens (including phenoxy) is 1. The SMILES string of the molecule is CC[C@@H](C)NC(=O)[C@@H](C)N(Cc1ccc(Cl)cc1Cl)C(=O)COc1ccc(C(C)C)cc1. The van der Waals surface area contributed by atoms with E-state index in [0.29, 0.717) is 27.3 Å². The van der Waals surface area contributed by atoms with Crippen LogP contribution in [0.2, 0.25) is 10.0 Å². The monoisotopic (exact) mass is 478 g/mol. The Morgan fingerprint density at radius 2 is 1.69 bits per heavy atom. The van der Waals surface area contributed by atoms with E-state index in [0.717, 1.165) is 6.42 Å². The van der Waals surface area contributed by atoms with E-state index in [1.165, 1.54) is 10.5 Å². The second kappa shape index (κ2) is 12.1. The molecule has 1 N–H and O–H groups in total. The molecular formula is C25H32Cl2N2O3. The van der Waals surface area contributed by atoms with E-state index >= 15 is 0 Å². The zero-order valence-electron chi connectivity index (χ0n) is 19.3. The molecule has 2 aromatic rings. The lowest BCUT2D eigenvalue weighted by molar-refractivity contribution is -0.142. The minimum atomic E-state index is -0.699. The van der Waals surface area contributed by atoms with E-state index in [1.54, 1.807) is 25.1 Å². The highest BCUT2D eigenvalue weighted by Gasteiger charge is 2.27. The summed E-state index contributed by atoms with van der Waals surface area (Å²) < 4.78 is 5.73. The van der Waals surface area contributed by atoms with E-state index in [9.17, 15) is 9.59 Å². The van der Waals surface area contributed by atoms with Crippen LogP contribution in [0.3, 0.4) is 0 Å². The fraction of sp³-hybridized carbons (Fsp3) is 0.440. The molecule has 2 aromatic carbocycles. The van der Waals surface area contributed by atoms with Crippen LogP contribution in [0.25, 0.3) is 0 Å². The Kier molecular flexibility index (Phi) is 9.85. The van der Waals surface area contributed by atoms with Gasteiger partial charge in [-0.25, -0.2) is 0 Å². The van der Waals surface area contributed by atoms with Crippen LogP contribution in [-0.2, 0) is 16.1 Å². The Labute approximate surface area is 201 Å². The number of hydrogen-bond acceptors (Lipinski definition) is 3. The van der Waals surface area contributed by atoms with E-state index in [-0.39, 0.29) is 31.0 Å². The van der Waals surface area contributed by atoms with Crippen molar-refractivity contribution in [1.29, 1.82) is 0 Å². The summed E-state index contributed by atoms with van der Waals surface area (Å²) in [5.41, 5.74) is 1.90. The van der Waals surface area contributed by atoms with Crippen LogP contribution in [0.4, 0.5) is 0 Å². The van der Waals surface area contributed by atoms with Crippen molar-refractivity contribution in [1.82, 2.24) is 10.2 Å². The first-order chi connectivity index (χ1) is 15.1. The maximum atomic E-state index is 13.1. The van der Waals surface area contributed by atoms with Gasteiger partial charge in [0.15, 0.2) is 6.61 Å². The van der Waals surface area contributed by atoms with Gasteiger partial charge in [-0.1, -0.05) is 62.2 Å². The highest BCUT2D eigenvalue weighted by molar-refractivity contribution is 6.35. The van der Waals surface area contributed by atoms with E-state index in [2.05, 4.69) is 19.2 Å². The molecule has 5 nitrogen and oxygen atoms in total. The lowest BCUT2D eigenvalue weighted by Crippen LogP contribution is -2.50. The Hall–Kier alpha value is -2.24. The van der Waals surface area contributed by atoms with Crippen molar-refractivity contribution < 1.29 is 14.3 Å². The molecule has 0 saturated carbocycles. The topological polar surface area (TPSA) is 58.6 Å². The number of halogens is 2. The summed E-state index contributed by atoms with van der Waals surface area (Å²) >= 11 is 12.3. The minimum Gasteiger partial charge on any atom is -0.484 e. The van der Waals surface area contributed by atoms with Crippen molar-refractivity contribution in [2.75, 3.05) is 6.61 Å². The number of amides is 2. The molecule has 0 heterocycles. The summed E-state index contributed by atoms with van der Waals surface area (Å²) in [4.78, 5) is 27.4. The molecule has 0 unspecified atom stereocenters. The molecule has 174 valence electrons. The average molecular weight is 479 g/mol. The van der Waals surface area contributed by atoms with Gasteiger partial charge >= 0.3 is 0 Å². The number of hydrogen-bond donors (Lipinski definition) is 1. The van der Waals surface area contributed by atoms with Crippen LogP contribution in [0.5, 0.6) is 5.75 Å². The molecule has 0 bridgehead atoms. The number of nitrogens with one attached hydrogen (secondary N) is 1. The van der Waals surface area contributed by atoms with Gasteiger partial charge in [-0.2, -0.15) is 0 Å². The van der Waals surface area contributed by atoms with Crippen LogP contribution in [0.15, 0.2) is 42.5 Å². The number of benzene rings is 2. The molecular weight excluding hydrogens is 447 g/mol. The summed E-state index contributed by atoms with van der Waals surface area (Å²) in [7, 11) is 0. The molecule has 2 amide bonds. The largest absolute Gasteiger partial charge is 0.484 e. The van der Waals surface area contributed by atoms with Crippen molar-refractivity contribution in [2.45, 2.75) is 65.6 Å². The van der Waals surface area contributed by atoms with Crippen molar-refractivity contribution in [3.8, 4) is 5.75 Å². The molecule has 0 aromatic heterocycles. The first kappa shape index (κ1) is 26.0. The van der Waals surface area contributed by atoms with Gasteiger partial charge in [0, 0.05) is 22.6 Å². The Balaban J connectivity index is 2.17. The first-order valence-electron chi connectivity index (χ1n) is 10.9. The third kappa shape index (κ3) is 7.42. The van der Waals surface area contributed by atoms with Gasteiger partial charge in [-0.05, 0) is 61.6 Å². The van der Waals surface area contributed by atoms with Crippen LogP contribution >= 0.6 is 23.2 Å². The Bertz CT molecular complexity index is 916. The molecule has 0 saturated heterocycles. The quantitative estimate of drug-likeness (QED) is 0.467. The minimum absolute atomic E-state index is 0.0109. The molecule has 0 aliphatic heterocycles. The maximum Gasteiger partial charge on any atom is 0.261 e. The number of carbonyl (C=O) groups is 2. The Morgan fingerprint density at radius 1 is 1.03 bits per heavy atom. The molecule has 0 aliphatic rings. The summed E-state index contributed by atoms with van der Waals surface area (Å²) in [6.07, 6.45) is 0.797. The standard InChI is InChI=1S/C25H32Cl2N2O3/c1-6-17(4)28-25(31)18(5)29(14-20-7-10-21(26)13-23(20)27)24(30)15-32-22-11-8-19(9-12-22)16(2)3/h7-13,16-18H,6,14-15H2,1-5H3,(H,28,31)/t17-,18-/m1/s1. The zero-order valence-corrected chi connectivity index (χ0v) is 20.8. The lowest BCUT2D eigenvalue weighted by atomic mass is 10.0. The molecule has 7 heteroatoms. The van der Waals surface area contributed by atoms with Gasteiger partial charge in [0.25, 0.3) is 5.91 Å². The fourth-order valence-corrected chi connectivity index (χ4v) is 3.53. The highest BCUT2D eigenvalue weighted by atomic mass is 35.5. The Morgan fingerprint density at radius 3 is 2.25 bits per heavy atom. The molecule has 2 atom stereocenters. The first-order valence-corrected chi connectivity index (χ1v) is 11.6. The van der Waals surface area contributed by atoms with Crippen LogP contribution < -0.4 is 10.1 Å². The molecule has 32 heavy (non-hydrogen) atoms. The van der Waals surface area contributed by atoms with Gasteiger partial charge in [0.2, 0.25) is 5.91 Å². The zero-order chi connectivity index (χ0) is 23.8. The number of nitrogens with zero attached hydrogens (tertiary/aromatic N) is 1. The predicted octanol–water partition coefficient (Wildman–Crippen LogP) is 5.83. The number of rotatable bonds is 10. The van der Waals surface area contributed by atoms with E-state index in [1.807, 2.05) is 38.1 Å². The van der Waals surface area contributed by atoms with E-state index < -0.39 is 6.04 Å². The normalized spacial score (nSPS) is 12.9. The van der Waals surface area contributed by atoms with Gasteiger partial charge < -0.3 is 15.0 Å². The smallest absolute Gasteiger partial charge is 0.261 e. The average Bonchev–Trinajstić information content (AvgIpc) is 2.76. The van der Waals surface area contributed by atoms with Crippen molar-refractivity contribution in [2.24, 2.45) is 0 Å². The van der Waals surface area contributed by atoms with Crippen LogP contribution in [0.1, 0.15) is 58.1 Å². The van der Waals surface area contributed by atoms with Crippen molar-refractivity contribution in [3.05, 3.63) is 63.6 Å². The van der Waals surface area contributed by atoms with E-state index in [4.69, 9.17) is 27.9 Å². The number of carbonyl (C=O) groups excluding carboxylic acids is 2. The summed E-state index contributed by atoms with van der Waals surface area (Å²) in [6.45, 7) is 9.83. The molecule has 0 fully saturated rings. The highest BCUT2D eigenvalue weighted by Crippen LogP contribution is 2.24. The van der Waals surface area contributed by atoms with Gasteiger partial charge in [-0.3, -0.25) is 9.59 Å². The summed E-state index contributed by atoms with van der Waals surface area (Å²) in [6, 6.07) is 12.1. The molecule has 2 rings (SSSR count). The fourth-order valence-electron chi connectivity index (χ4n) is 3.06. The second-order valence-electron chi connectivity index (χ2n) is 8.26. The summed E-state index contributed by atoms with van der Waals surface area (Å²) in [5.74, 6) is 0.480. The third-order valence-corrected chi connectivity index (χ3v) is 6.02. The van der Waals surface area contributed by atoms with Crippen molar-refractivity contribution >= 4 is 35.0 Å². The molecule has 0 spiro atoms. The summed E-state index contributed by atoms with van der Waals surface area (Å²) in [5, 5.41) is 3.88. The third-order valence-electron chi connectivity index (χ3n) is 5.43.